The van der Waals surface area contributed by atoms with E-state index in [1.165, 1.54) is 0 Å². The number of nitrogens with one attached hydrogen (secondary N) is 1. The quantitative estimate of drug-likeness (QED) is 0.800. The zero-order valence-corrected chi connectivity index (χ0v) is 9.94. The van der Waals surface area contributed by atoms with Crippen molar-refractivity contribution in [3.8, 4) is 0 Å². The molecule has 2 aromatic rings. The van der Waals surface area contributed by atoms with Crippen LogP contribution in [0.5, 0.6) is 0 Å². The number of hydrogen-bond acceptors (Lipinski definition) is 1. The summed E-state index contributed by atoms with van der Waals surface area (Å²) in [6.45, 7) is 3.98. The smallest absolute Gasteiger partial charge is 0.253 e. The Morgan fingerprint density at radius 1 is 1.41 bits per heavy atom. The Kier molecular flexibility index (Phi) is 2.39. The van der Waals surface area contributed by atoms with E-state index in [-0.39, 0.29) is 5.91 Å². The first-order valence-electron chi connectivity index (χ1n) is 6.10. The molecule has 1 N–H and O–H groups in total. The van der Waals surface area contributed by atoms with Crippen LogP contribution in [0.1, 0.15) is 23.7 Å². The fraction of sp³-hybridized carbons (Fsp3) is 0.357. The van der Waals surface area contributed by atoms with Crippen molar-refractivity contribution in [3.63, 3.8) is 0 Å². The van der Waals surface area contributed by atoms with Crippen molar-refractivity contribution in [1.29, 1.82) is 0 Å². The van der Waals surface area contributed by atoms with Gasteiger partial charge in [-0.3, -0.25) is 4.79 Å². The molecular formula is C14H16N2O. The molecule has 0 bridgehead atoms. The molecule has 2 heterocycles. The topological polar surface area (TPSA) is 36.1 Å². The summed E-state index contributed by atoms with van der Waals surface area (Å²) >= 11 is 0. The Labute approximate surface area is 100 Å². The van der Waals surface area contributed by atoms with E-state index < -0.39 is 0 Å². The predicted octanol–water partition coefficient (Wildman–Crippen LogP) is 2.65. The second-order valence-electron chi connectivity index (χ2n) is 4.92. The van der Waals surface area contributed by atoms with Crippen LogP contribution in [-0.2, 0) is 0 Å². The molecule has 88 valence electrons. The summed E-state index contributed by atoms with van der Waals surface area (Å²) in [7, 11) is 0. The maximum atomic E-state index is 12.3. The Bertz CT molecular complexity index is 558. The van der Waals surface area contributed by atoms with Crippen LogP contribution in [-0.4, -0.2) is 28.9 Å². The third kappa shape index (κ3) is 1.82. The number of H-pyrrole nitrogens is 1. The first-order valence-corrected chi connectivity index (χ1v) is 6.10. The number of carbonyl (C=O) groups excluding carboxylic acids is 1. The maximum absolute atomic E-state index is 12.3. The first-order chi connectivity index (χ1) is 8.24. The molecule has 0 spiro atoms. The molecule has 1 unspecified atom stereocenters. The average molecular weight is 228 g/mol. The van der Waals surface area contributed by atoms with Gasteiger partial charge in [0, 0.05) is 30.4 Å². The van der Waals surface area contributed by atoms with E-state index in [1.807, 2.05) is 35.4 Å². The van der Waals surface area contributed by atoms with Crippen LogP contribution in [0.2, 0.25) is 0 Å². The van der Waals surface area contributed by atoms with Gasteiger partial charge in [-0.1, -0.05) is 13.0 Å². The summed E-state index contributed by atoms with van der Waals surface area (Å²) in [5.74, 6) is 0.791. The minimum absolute atomic E-state index is 0.158. The molecule has 17 heavy (non-hydrogen) atoms. The fourth-order valence-corrected chi connectivity index (χ4v) is 2.48. The Balaban J connectivity index is 1.89. The number of rotatable bonds is 1. The van der Waals surface area contributed by atoms with Gasteiger partial charge in [-0.2, -0.15) is 0 Å². The average Bonchev–Trinajstić information content (AvgIpc) is 2.95. The predicted molar refractivity (Wildman–Crippen MR) is 68.0 cm³/mol. The summed E-state index contributed by atoms with van der Waals surface area (Å²) in [6, 6.07) is 7.88. The van der Waals surface area contributed by atoms with Gasteiger partial charge < -0.3 is 9.88 Å². The van der Waals surface area contributed by atoms with Crippen LogP contribution in [0.15, 0.2) is 30.5 Å². The lowest BCUT2D eigenvalue weighted by Crippen LogP contribution is -2.28. The highest BCUT2D eigenvalue weighted by molar-refractivity contribution is 5.98. The van der Waals surface area contributed by atoms with Gasteiger partial charge in [0.1, 0.15) is 0 Å². The zero-order valence-electron chi connectivity index (χ0n) is 9.94. The van der Waals surface area contributed by atoms with Gasteiger partial charge >= 0.3 is 0 Å². The largest absolute Gasteiger partial charge is 0.361 e. The summed E-state index contributed by atoms with van der Waals surface area (Å²) in [4.78, 5) is 17.4. The molecule has 0 radical (unpaired) electrons. The van der Waals surface area contributed by atoms with Crippen molar-refractivity contribution < 1.29 is 4.79 Å². The summed E-state index contributed by atoms with van der Waals surface area (Å²) in [5.41, 5.74) is 1.82. The molecule has 3 nitrogen and oxygen atoms in total. The molecule has 1 saturated heterocycles. The molecular weight excluding hydrogens is 212 g/mol. The molecule has 3 rings (SSSR count). The molecule has 1 atom stereocenters. The lowest BCUT2D eigenvalue weighted by Gasteiger charge is -2.15. The molecule has 1 aliphatic rings. The van der Waals surface area contributed by atoms with E-state index in [2.05, 4.69) is 11.9 Å². The number of carbonyl (C=O) groups is 1. The maximum Gasteiger partial charge on any atom is 0.253 e. The number of likely N-dealkylation sites (tertiary alicyclic amines) is 1. The summed E-state index contributed by atoms with van der Waals surface area (Å²) in [6.07, 6.45) is 3.02. The third-order valence-electron chi connectivity index (χ3n) is 3.51. The monoisotopic (exact) mass is 228 g/mol. The van der Waals surface area contributed by atoms with Crippen molar-refractivity contribution in [3.05, 3.63) is 36.0 Å². The van der Waals surface area contributed by atoms with E-state index in [0.717, 1.165) is 36.0 Å². The van der Waals surface area contributed by atoms with Crippen LogP contribution in [0, 0.1) is 5.92 Å². The van der Waals surface area contributed by atoms with E-state index in [0.29, 0.717) is 5.92 Å². The highest BCUT2D eigenvalue weighted by Gasteiger charge is 2.24. The number of fused-ring (bicyclic) bond motifs is 1. The van der Waals surface area contributed by atoms with Gasteiger partial charge in [0.2, 0.25) is 0 Å². The standard InChI is InChI=1S/C14H16N2O/c1-10-5-7-16(9-10)14(17)12-3-2-11-4-6-15-13(11)8-12/h2-4,6,8,10,15H,5,7,9H2,1H3. The molecule has 1 amide bonds. The number of amides is 1. The van der Waals surface area contributed by atoms with Crippen molar-refractivity contribution in [2.45, 2.75) is 13.3 Å². The van der Waals surface area contributed by atoms with E-state index in [1.54, 1.807) is 0 Å². The van der Waals surface area contributed by atoms with Crippen LogP contribution in [0.25, 0.3) is 10.9 Å². The van der Waals surface area contributed by atoms with Gasteiger partial charge in [-0.15, -0.1) is 0 Å². The Morgan fingerprint density at radius 3 is 3.06 bits per heavy atom. The summed E-state index contributed by atoms with van der Waals surface area (Å²) in [5, 5.41) is 1.15. The number of hydrogen-bond donors (Lipinski definition) is 1. The summed E-state index contributed by atoms with van der Waals surface area (Å²) < 4.78 is 0. The minimum atomic E-state index is 0.158. The molecule has 1 aromatic carbocycles. The molecule has 1 fully saturated rings. The van der Waals surface area contributed by atoms with Crippen molar-refractivity contribution >= 4 is 16.8 Å². The lowest BCUT2D eigenvalue weighted by molar-refractivity contribution is 0.0788. The molecule has 3 heteroatoms. The van der Waals surface area contributed by atoms with Gasteiger partial charge in [-0.25, -0.2) is 0 Å². The van der Waals surface area contributed by atoms with Gasteiger partial charge in [-0.05, 0) is 35.9 Å². The minimum Gasteiger partial charge on any atom is -0.361 e. The van der Waals surface area contributed by atoms with Crippen molar-refractivity contribution in [1.82, 2.24) is 9.88 Å². The van der Waals surface area contributed by atoms with Crippen LogP contribution in [0.4, 0.5) is 0 Å². The molecule has 0 aliphatic carbocycles. The van der Waals surface area contributed by atoms with Gasteiger partial charge in [0.15, 0.2) is 0 Å². The fourth-order valence-electron chi connectivity index (χ4n) is 2.48. The van der Waals surface area contributed by atoms with Gasteiger partial charge in [0.05, 0.1) is 0 Å². The van der Waals surface area contributed by atoms with E-state index >= 15 is 0 Å². The normalized spacial score (nSPS) is 20.1. The first kappa shape index (κ1) is 10.4. The second kappa shape index (κ2) is 3.91. The Morgan fingerprint density at radius 2 is 2.29 bits per heavy atom. The van der Waals surface area contributed by atoms with Crippen LogP contribution >= 0.6 is 0 Å². The number of nitrogens with zero attached hydrogens (tertiary/aromatic N) is 1. The number of benzene rings is 1. The lowest BCUT2D eigenvalue weighted by atomic mass is 10.1. The zero-order chi connectivity index (χ0) is 11.8. The third-order valence-corrected chi connectivity index (χ3v) is 3.51. The van der Waals surface area contributed by atoms with Crippen molar-refractivity contribution in [2.24, 2.45) is 5.92 Å². The molecule has 1 aromatic heterocycles. The number of aromatic amines is 1. The van der Waals surface area contributed by atoms with Crippen LogP contribution < -0.4 is 0 Å². The van der Waals surface area contributed by atoms with E-state index in [9.17, 15) is 4.79 Å². The second-order valence-corrected chi connectivity index (χ2v) is 4.92. The molecule has 1 aliphatic heterocycles. The number of aromatic nitrogens is 1. The van der Waals surface area contributed by atoms with Crippen molar-refractivity contribution in [2.75, 3.05) is 13.1 Å². The SMILES string of the molecule is CC1CCN(C(=O)c2ccc3cc[nH]c3c2)C1. The van der Waals surface area contributed by atoms with Gasteiger partial charge in [0.25, 0.3) is 5.91 Å². The highest BCUT2D eigenvalue weighted by Crippen LogP contribution is 2.20. The molecule has 0 saturated carbocycles. The Hall–Kier alpha value is -1.77. The van der Waals surface area contributed by atoms with Crippen LogP contribution in [0.3, 0.4) is 0 Å². The highest BCUT2D eigenvalue weighted by atomic mass is 16.2. The van der Waals surface area contributed by atoms with E-state index in [4.69, 9.17) is 0 Å².